The maximum atomic E-state index is 13.7. The normalized spacial score (nSPS) is 16.8. The van der Waals surface area contributed by atoms with Crippen LogP contribution in [0.25, 0.3) is 11.0 Å². The average molecular weight is 451 g/mol. The maximum absolute atomic E-state index is 13.7. The summed E-state index contributed by atoms with van der Waals surface area (Å²) in [6.45, 7) is 4.36. The molecule has 2 aliphatic rings. The van der Waals surface area contributed by atoms with Crippen LogP contribution in [-0.4, -0.2) is 40.4 Å². The zero-order valence-electron chi connectivity index (χ0n) is 19.6. The summed E-state index contributed by atoms with van der Waals surface area (Å²) in [4.78, 5) is 26.4. The first-order valence-corrected chi connectivity index (χ1v) is 12.3. The van der Waals surface area contributed by atoms with Crippen molar-refractivity contribution in [2.24, 2.45) is 0 Å². The summed E-state index contributed by atoms with van der Waals surface area (Å²) in [6, 6.07) is 23.1. The second-order valence-corrected chi connectivity index (χ2v) is 9.68. The van der Waals surface area contributed by atoms with E-state index in [0.717, 1.165) is 67.0 Å². The third kappa shape index (κ3) is 3.90. The van der Waals surface area contributed by atoms with Gasteiger partial charge >= 0.3 is 0 Å². The smallest absolute Gasteiger partial charge is 0.245 e. The molecule has 5 nitrogen and oxygen atoms in total. The van der Waals surface area contributed by atoms with Crippen LogP contribution in [0.15, 0.2) is 66.7 Å². The van der Waals surface area contributed by atoms with Crippen LogP contribution in [0.5, 0.6) is 0 Å². The number of anilines is 2. The summed E-state index contributed by atoms with van der Waals surface area (Å²) in [5.74, 6) is 1.65. The Kier molecular flexibility index (Phi) is 5.42. The Bertz CT molecular complexity index is 1300. The van der Waals surface area contributed by atoms with Gasteiger partial charge in [0, 0.05) is 5.92 Å². The number of imidazole rings is 1. The molecule has 3 heterocycles. The third-order valence-electron chi connectivity index (χ3n) is 7.37. The molecule has 0 spiro atoms. The fourth-order valence-electron chi connectivity index (χ4n) is 5.51. The molecule has 0 saturated carbocycles. The highest BCUT2D eigenvalue weighted by atomic mass is 16.2. The number of aromatic amines is 1. The first-order valence-electron chi connectivity index (χ1n) is 12.3. The second kappa shape index (κ2) is 8.73. The molecule has 3 aromatic carbocycles. The van der Waals surface area contributed by atoms with Gasteiger partial charge in [-0.05, 0) is 86.7 Å². The highest BCUT2D eigenvalue weighted by molar-refractivity contribution is 6.03. The first-order chi connectivity index (χ1) is 16.7. The lowest BCUT2D eigenvalue weighted by molar-refractivity contribution is -0.119. The molecule has 0 aliphatic carbocycles. The summed E-state index contributed by atoms with van der Waals surface area (Å²) in [6.07, 6.45) is 3.94. The Labute approximate surface area is 200 Å². The van der Waals surface area contributed by atoms with Gasteiger partial charge in [-0.1, -0.05) is 42.5 Å². The van der Waals surface area contributed by atoms with Crippen molar-refractivity contribution >= 4 is 28.3 Å². The van der Waals surface area contributed by atoms with Gasteiger partial charge in [0.2, 0.25) is 5.91 Å². The largest absolute Gasteiger partial charge is 0.342 e. The Morgan fingerprint density at radius 1 is 0.941 bits per heavy atom. The molecule has 1 aromatic heterocycles. The molecule has 172 valence electrons. The van der Waals surface area contributed by atoms with Crippen LogP contribution in [0.1, 0.15) is 41.3 Å². The van der Waals surface area contributed by atoms with Gasteiger partial charge in [-0.3, -0.25) is 14.6 Å². The zero-order chi connectivity index (χ0) is 23.1. The van der Waals surface area contributed by atoms with Crippen molar-refractivity contribution in [3.63, 3.8) is 0 Å². The van der Waals surface area contributed by atoms with E-state index in [9.17, 15) is 4.79 Å². The number of aromatic nitrogens is 2. The van der Waals surface area contributed by atoms with E-state index in [1.807, 2.05) is 17.0 Å². The summed E-state index contributed by atoms with van der Waals surface area (Å²) in [5, 5.41) is 0. The Morgan fingerprint density at radius 2 is 1.59 bits per heavy atom. The number of piperidine rings is 1. The first kappa shape index (κ1) is 21.1. The Balaban J connectivity index is 1.18. The number of carbonyl (C=O) groups excluding carboxylic acids is 1. The number of nitrogens with one attached hydrogen (secondary N) is 1. The summed E-state index contributed by atoms with van der Waals surface area (Å²) < 4.78 is 0. The summed E-state index contributed by atoms with van der Waals surface area (Å²) >= 11 is 0. The molecule has 1 amide bonds. The lowest BCUT2D eigenvalue weighted by Crippen LogP contribution is -2.42. The minimum atomic E-state index is 0.152. The molecule has 34 heavy (non-hydrogen) atoms. The molecule has 0 radical (unpaired) electrons. The fourth-order valence-corrected chi connectivity index (χ4v) is 5.51. The van der Waals surface area contributed by atoms with Gasteiger partial charge in [0.05, 0.1) is 29.0 Å². The number of benzene rings is 3. The molecular weight excluding hydrogens is 420 g/mol. The molecule has 1 N–H and O–H groups in total. The average Bonchev–Trinajstić information content (AvgIpc) is 3.20. The topological polar surface area (TPSA) is 52.2 Å². The number of aryl methyl sites for hydroxylation is 3. The van der Waals surface area contributed by atoms with Crippen molar-refractivity contribution in [3.05, 3.63) is 89.2 Å². The molecule has 0 unspecified atom stereocenters. The summed E-state index contributed by atoms with van der Waals surface area (Å²) in [5.41, 5.74) is 7.95. The van der Waals surface area contributed by atoms with E-state index in [2.05, 4.69) is 71.4 Å². The van der Waals surface area contributed by atoms with Gasteiger partial charge in [0.25, 0.3) is 0 Å². The van der Waals surface area contributed by atoms with Crippen LogP contribution in [0, 0.1) is 6.92 Å². The SMILES string of the molecule is Cc1ccc2nc(C3CCN(CC(=O)N4c5ccccc5CCc5ccccc54)CC3)[nH]c2c1. The van der Waals surface area contributed by atoms with Crippen molar-refractivity contribution in [3.8, 4) is 0 Å². The number of hydrogen-bond donors (Lipinski definition) is 1. The van der Waals surface area contributed by atoms with Gasteiger partial charge in [0.15, 0.2) is 0 Å². The van der Waals surface area contributed by atoms with E-state index in [4.69, 9.17) is 4.98 Å². The minimum Gasteiger partial charge on any atom is -0.342 e. The number of amides is 1. The van der Waals surface area contributed by atoms with E-state index < -0.39 is 0 Å². The van der Waals surface area contributed by atoms with Crippen LogP contribution < -0.4 is 4.90 Å². The Morgan fingerprint density at radius 3 is 2.26 bits per heavy atom. The molecule has 0 atom stereocenters. The molecule has 2 aliphatic heterocycles. The van der Waals surface area contributed by atoms with Crippen molar-refractivity contribution in [2.45, 2.75) is 38.5 Å². The number of H-pyrrole nitrogens is 1. The zero-order valence-corrected chi connectivity index (χ0v) is 19.6. The van der Waals surface area contributed by atoms with Crippen molar-refractivity contribution in [1.29, 1.82) is 0 Å². The number of carbonyl (C=O) groups is 1. The summed E-state index contributed by atoms with van der Waals surface area (Å²) in [7, 11) is 0. The highest BCUT2D eigenvalue weighted by Gasteiger charge is 2.29. The van der Waals surface area contributed by atoms with Crippen LogP contribution in [-0.2, 0) is 17.6 Å². The van der Waals surface area contributed by atoms with E-state index in [1.54, 1.807) is 0 Å². The predicted molar refractivity (Wildman–Crippen MR) is 137 cm³/mol. The fraction of sp³-hybridized carbons (Fsp3) is 0.310. The number of nitrogens with zero attached hydrogens (tertiary/aromatic N) is 3. The number of para-hydroxylation sites is 2. The lowest BCUT2D eigenvalue weighted by Gasteiger charge is -2.33. The highest BCUT2D eigenvalue weighted by Crippen LogP contribution is 2.36. The van der Waals surface area contributed by atoms with E-state index in [0.29, 0.717) is 12.5 Å². The van der Waals surface area contributed by atoms with Crippen LogP contribution >= 0.6 is 0 Å². The minimum absolute atomic E-state index is 0.152. The number of fused-ring (bicyclic) bond motifs is 3. The third-order valence-corrected chi connectivity index (χ3v) is 7.37. The number of likely N-dealkylation sites (tertiary alicyclic amines) is 1. The standard InChI is InChI=1S/C29H30N4O/c1-20-10-13-24-25(18-20)31-29(30-24)23-14-16-32(17-15-23)19-28(34)33-26-8-4-2-6-21(26)11-12-22-7-3-5-9-27(22)33/h2-10,13,18,23H,11-12,14-17,19H2,1H3,(H,30,31). The van der Waals surface area contributed by atoms with Gasteiger partial charge in [-0.25, -0.2) is 4.98 Å². The van der Waals surface area contributed by atoms with E-state index in [-0.39, 0.29) is 5.91 Å². The number of hydrogen-bond acceptors (Lipinski definition) is 3. The maximum Gasteiger partial charge on any atom is 0.245 e. The second-order valence-electron chi connectivity index (χ2n) is 9.68. The molecule has 1 fully saturated rings. The van der Waals surface area contributed by atoms with Gasteiger partial charge in [0.1, 0.15) is 5.82 Å². The van der Waals surface area contributed by atoms with Gasteiger partial charge in [-0.15, -0.1) is 0 Å². The van der Waals surface area contributed by atoms with E-state index >= 15 is 0 Å². The number of rotatable bonds is 3. The van der Waals surface area contributed by atoms with Crippen molar-refractivity contribution in [1.82, 2.24) is 14.9 Å². The predicted octanol–water partition coefficient (Wildman–Crippen LogP) is 5.51. The van der Waals surface area contributed by atoms with Crippen molar-refractivity contribution < 1.29 is 4.79 Å². The molecular formula is C29H30N4O. The quantitative estimate of drug-likeness (QED) is 0.448. The molecule has 0 bridgehead atoms. The molecule has 4 aromatic rings. The molecule has 6 rings (SSSR count). The van der Waals surface area contributed by atoms with Gasteiger partial charge < -0.3 is 4.98 Å². The lowest BCUT2D eigenvalue weighted by atomic mass is 9.96. The van der Waals surface area contributed by atoms with Crippen LogP contribution in [0.3, 0.4) is 0 Å². The van der Waals surface area contributed by atoms with Crippen molar-refractivity contribution in [2.75, 3.05) is 24.5 Å². The van der Waals surface area contributed by atoms with Crippen LogP contribution in [0.2, 0.25) is 0 Å². The van der Waals surface area contributed by atoms with Gasteiger partial charge in [-0.2, -0.15) is 0 Å². The monoisotopic (exact) mass is 450 g/mol. The van der Waals surface area contributed by atoms with E-state index in [1.165, 1.54) is 16.7 Å². The Hall–Kier alpha value is -3.44. The molecule has 5 heteroatoms. The van der Waals surface area contributed by atoms with Crippen LogP contribution in [0.4, 0.5) is 11.4 Å². The molecule has 1 saturated heterocycles.